The third-order valence-electron chi connectivity index (χ3n) is 4.21. The molecule has 1 N–H and O–H groups in total. The van der Waals surface area contributed by atoms with Gasteiger partial charge in [-0.25, -0.2) is 9.98 Å². The molecule has 26 heavy (non-hydrogen) atoms. The standard InChI is InChI=1S/C20H26N4O2/c1-3-21-20(24-11-4-5-12-24)23-15-16-9-10-19(22-14-16)26-18-8-6-7-17(13-18)25-2/h6-10,13-14H,3-5,11-12,15H2,1-2H3,(H,21,23). The molecule has 0 saturated carbocycles. The van der Waals surface area contributed by atoms with Crippen LogP contribution in [0.15, 0.2) is 47.6 Å². The van der Waals surface area contributed by atoms with E-state index in [-0.39, 0.29) is 0 Å². The maximum Gasteiger partial charge on any atom is 0.219 e. The van der Waals surface area contributed by atoms with Gasteiger partial charge in [0.25, 0.3) is 0 Å². The first-order valence-corrected chi connectivity index (χ1v) is 9.08. The van der Waals surface area contributed by atoms with Gasteiger partial charge in [-0.15, -0.1) is 0 Å². The summed E-state index contributed by atoms with van der Waals surface area (Å²) >= 11 is 0. The molecular weight excluding hydrogens is 328 g/mol. The van der Waals surface area contributed by atoms with Crippen molar-refractivity contribution < 1.29 is 9.47 Å². The monoisotopic (exact) mass is 354 g/mol. The largest absolute Gasteiger partial charge is 0.497 e. The molecule has 2 aromatic rings. The van der Waals surface area contributed by atoms with Gasteiger partial charge < -0.3 is 19.7 Å². The summed E-state index contributed by atoms with van der Waals surface area (Å²) in [6.07, 6.45) is 4.29. The first-order valence-electron chi connectivity index (χ1n) is 9.08. The normalized spacial score (nSPS) is 14.4. The van der Waals surface area contributed by atoms with Gasteiger partial charge in [-0.05, 0) is 37.5 Å². The van der Waals surface area contributed by atoms with Crippen LogP contribution in [0.25, 0.3) is 0 Å². The van der Waals surface area contributed by atoms with Gasteiger partial charge in [0.1, 0.15) is 11.5 Å². The van der Waals surface area contributed by atoms with Crippen molar-refractivity contribution in [1.29, 1.82) is 0 Å². The molecule has 1 saturated heterocycles. The number of nitrogens with one attached hydrogen (secondary N) is 1. The highest BCUT2D eigenvalue weighted by Gasteiger charge is 2.15. The van der Waals surface area contributed by atoms with Gasteiger partial charge >= 0.3 is 0 Å². The Balaban J connectivity index is 1.62. The van der Waals surface area contributed by atoms with Crippen LogP contribution in [0.5, 0.6) is 17.4 Å². The molecule has 0 aliphatic carbocycles. The summed E-state index contributed by atoms with van der Waals surface area (Å²) in [4.78, 5) is 11.4. The lowest BCUT2D eigenvalue weighted by atomic mass is 10.3. The van der Waals surface area contributed by atoms with E-state index >= 15 is 0 Å². The van der Waals surface area contributed by atoms with E-state index < -0.39 is 0 Å². The number of hydrogen-bond donors (Lipinski definition) is 1. The number of benzene rings is 1. The number of likely N-dealkylation sites (tertiary alicyclic amines) is 1. The molecular formula is C20H26N4O2. The zero-order valence-electron chi connectivity index (χ0n) is 15.4. The SMILES string of the molecule is CCNC(=NCc1ccc(Oc2cccc(OC)c2)nc1)N1CCCC1. The lowest BCUT2D eigenvalue weighted by molar-refractivity contribution is 0.407. The van der Waals surface area contributed by atoms with Crippen molar-refractivity contribution in [3.63, 3.8) is 0 Å². The number of guanidine groups is 1. The van der Waals surface area contributed by atoms with Crippen LogP contribution in [-0.4, -0.2) is 42.6 Å². The van der Waals surface area contributed by atoms with Crippen LogP contribution >= 0.6 is 0 Å². The van der Waals surface area contributed by atoms with E-state index in [1.54, 1.807) is 7.11 Å². The van der Waals surface area contributed by atoms with Crippen molar-refractivity contribution in [3.05, 3.63) is 48.2 Å². The Morgan fingerprint density at radius 3 is 2.69 bits per heavy atom. The van der Waals surface area contributed by atoms with Crippen molar-refractivity contribution >= 4 is 5.96 Å². The Kier molecular flexibility index (Phi) is 6.30. The first-order chi connectivity index (χ1) is 12.8. The van der Waals surface area contributed by atoms with Crippen LogP contribution in [0.3, 0.4) is 0 Å². The Hall–Kier alpha value is -2.76. The fourth-order valence-electron chi connectivity index (χ4n) is 2.87. The van der Waals surface area contributed by atoms with E-state index in [9.17, 15) is 0 Å². The number of aromatic nitrogens is 1. The van der Waals surface area contributed by atoms with E-state index in [4.69, 9.17) is 14.5 Å². The van der Waals surface area contributed by atoms with Crippen molar-refractivity contribution in [2.75, 3.05) is 26.7 Å². The third-order valence-corrected chi connectivity index (χ3v) is 4.21. The summed E-state index contributed by atoms with van der Waals surface area (Å²) in [7, 11) is 1.64. The van der Waals surface area contributed by atoms with E-state index in [0.29, 0.717) is 18.2 Å². The van der Waals surface area contributed by atoms with E-state index in [1.165, 1.54) is 12.8 Å². The van der Waals surface area contributed by atoms with Gasteiger partial charge in [-0.2, -0.15) is 0 Å². The quantitative estimate of drug-likeness (QED) is 0.636. The maximum absolute atomic E-state index is 5.77. The van der Waals surface area contributed by atoms with E-state index in [2.05, 4.69) is 22.1 Å². The molecule has 1 aromatic carbocycles. The number of pyridine rings is 1. The Morgan fingerprint density at radius 1 is 1.19 bits per heavy atom. The predicted molar refractivity (Wildman–Crippen MR) is 103 cm³/mol. The van der Waals surface area contributed by atoms with Gasteiger partial charge in [0.15, 0.2) is 5.96 Å². The second kappa shape index (κ2) is 9.08. The summed E-state index contributed by atoms with van der Waals surface area (Å²) < 4.78 is 11.0. The lowest BCUT2D eigenvalue weighted by Gasteiger charge is -2.20. The third kappa shape index (κ3) is 4.88. The van der Waals surface area contributed by atoms with Gasteiger partial charge in [-0.1, -0.05) is 12.1 Å². The smallest absolute Gasteiger partial charge is 0.219 e. The molecule has 6 nitrogen and oxygen atoms in total. The second-order valence-corrected chi connectivity index (χ2v) is 6.15. The summed E-state index contributed by atoms with van der Waals surface area (Å²) in [5.74, 6) is 3.00. The average molecular weight is 354 g/mol. The zero-order valence-corrected chi connectivity index (χ0v) is 15.4. The molecule has 138 valence electrons. The van der Waals surface area contributed by atoms with Gasteiger partial charge in [-0.3, -0.25) is 0 Å². The van der Waals surface area contributed by atoms with Crippen LogP contribution < -0.4 is 14.8 Å². The molecule has 1 aliphatic heterocycles. The number of hydrogen-bond acceptors (Lipinski definition) is 4. The van der Waals surface area contributed by atoms with Gasteiger partial charge in [0.05, 0.1) is 13.7 Å². The van der Waals surface area contributed by atoms with E-state index in [0.717, 1.165) is 36.9 Å². The molecule has 3 rings (SSSR count). The van der Waals surface area contributed by atoms with Crippen LogP contribution in [0, 0.1) is 0 Å². The number of aliphatic imine (C=N–C) groups is 1. The second-order valence-electron chi connectivity index (χ2n) is 6.15. The number of methoxy groups -OCH3 is 1. The molecule has 1 aromatic heterocycles. The molecule has 0 unspecified atom stereocenters. The number of rotatable bonds is 6. The Bertz CT molecular complexity index is 725. The van der Waals surface area contributed by atoms with Crippen LogP contribution in [0.1, 0.15) is 25.3 Å². The maximum atomic E-state index is 5.77. The molecule has 1 fully saturated rings. The lowest BCUT2D eigenvalue weighted by Crippen LogP contribution is -2.39. The molecule has 0 spiro atoms. The molecule has 0 radical (unpaired) electrons. The average Bonchev–Trinajstić information content (AvgIpc) is 3.21. The summed E-state index contributed by atoms with van der Waals surface area (Å²) in [5, 5.41) is 3.37. The Labute approximate surface area is 154 Å². The number of ether oxygens (including phenoxy) is 2. The fraction of sp³-hybridized carbons (Fsp3) is 0.400. The van der Waals surface area contributed by atoms with Gasteiger partial charge in [0.2, 0.25) is 5.88 Å². The molecule has 6 heteroatoms. The molecule has 2 heterocycles. The summed E-state index contributed by atoms with van der Waals surface area (Å²) in [6, 6.07) is 11.3. The zero-order chi connectivity index (χ0) is 18.2. The molecule has 0 atom stereocenters. The summed E-state index contributed by atoms with van der Waals surface area (Å²) in [5.41, 5.74) is 1.05. The molecule has 1 aliphatic rings. The highest BCUT2D eigenvalue weighted by Crippen LogP contribution is 2.23. The molecule has 0 bridgehead atoms. The fourth-order valence-corrected chi connectivity index (χ4v) is 2.87. The van der Waals surface area contributed by atoms with Crippen LogP contribution in [0.4, 0.5) is 0 Å². The van der Waals surface area contributed by atoms with Crippen LogP contribution in [0.2, 0.25) is 0 Å². The van der Waals surface area contributed by atoms with E-state index in [1.807, 2.05) is 42.6 Å². The number of nitrogens with zero attached hydrogens (tertiary/aromatic N) is 3. The minimum absolute atomic E-state index is 0.553. The Morgan fingerprint density at radius 2 is 2.00 bits per heavy atom. The first kappa shape index (κ1) is 18.0. The van der Waals surface area contributed by atoms with Gasteiger partial charge in [0, 0.05) is 38.0 Å². The highest BCUT2D eigenvalue weighted by molar-refractivity contribution is 5.80. The summed E-state index contributed by atoms with van der Waals surface area (Å²) in [6.45, 7) is 5.73. The van der Waals surface area contributed by atoms with Crippen molar-refractivity contribution in [3.8, 4) is 17.4 Å². The topological polar surface area (TPSA) is 59.0 Å². The van der Waals surface area contributed by atoms with Crippen molar-refractivity contribution in [2.24, 2.45) is 4.99 Å². The highest BCUT2D eigenvalue weighted by atomic mass is 16.5. The minimum Gasteiger partial charge on any atom is -0.497 e. The minimum atomic E-state index is 0.553. The van der Waals surface area contributed by atoms with Crippen molar-refractivity contribution in [2.45, 2.75) is 26.3 Å². The van der Waals surface area contributed by atoms with Crippen LogP contribution in [-0.2, 0) is 6.54 Å². The predicted octanol–water partition coefficient (Wildman–Crippen LogP) is 3.44. The molecule has 0 amide bonds. The van der Waals surface area contributed by atoms with Crippen molar-refractivity contribution in [1.82, 2.24) is 15.2 Å².